The maximum atomic E-state index is 12.3. The van der Waals surface area contributed by atoms with E-state index in [2.05, 4.69) is 10.2 Å². The van der Waals surface area contributed by atoms with Crippen LogP contribution in [0.1, 0.15) is 0 Å². The molecule has 3 rings (SSSR count). The van der Waals surface area contributed by atoms with E-state index in [1.807, 2.05) is 36.2 Å². The molecule has 0 aromatic heterocycles. The number of hydrogen-bond acceptors (Lipinski definition) is 7. The number of anilines is 2. The second-order valence-corrected chi connectivity index (χ2v) is 10.2. The van der Waals surface area contributed by atoms with Gasteiger partial charge in [0.15, 0.2) is 0 Å². The molecule has 180 valence electrons. The van der Waals surface area contributed by atoms with Crippen LogP contribution in [0.25, 0.3) is 0 Å². The highest BCUT2D eigenvalue weighted by atomic mass is 32.2. The molecule has 0 radical (unpaired) electrons. The normalized spacial score (nSPS) is 14.5. The minimum atomic E-state index is -3.46. The van der Waals surface area contributed by atoms with Gasteiger partial charge < -0.3 is 19.7 Å². The fourth-order valence-electron chi connectivity index (χ4n) is 3.34. The summed E-state index contributed by atoms with van der Waals surface area (Å²) in [6.45, 7) is 4.36. The van der Waals surface area contributed by atoms with Crippen LogP contribution in [0.3, 0.4) is 0 Å². The molecule has 0 aliphatic carbocycles. The number of amides is 1. The van der Waals surface area contributed by atoms with Crippen LogP contribution in [0.2, 0.25) is 0 Å². The number of rotatable bonds is 10. The van der Waals surface area contributed by atoms with Crippen LogP contribution >= 0.6 is 0 Å². The van der Waals surface area contributed by atoms with Gasteiger partial charge in [0.25, 0.3) is 0 Å². The van der Waals surface area contributed by atoms with Crippen molar-refractivity contribution in [3.63, 3.8) is 0 Å². The van der Waals surface area contributed by atoms with E-state index in [0.29, 0.717) is 18.9 Å². The van der Waals surface area contributed by atoms with Gasteiger partial charge in [-0.3, -0.25) is 9.69 Å². The lowest BCUT2D eigenvalue weighted by Crippen LogP contribution is -2.36. The summed E-state index contributed by atoms with van der Waals surface area (Å²) < 4.78 is 36.4. The first-order chi connectivity index (χ1) is 15.8. The average Bonchev–Trinajstić information content (AvgIpc) is 2.80. The lowest BCUT2D eigenvalue weighted by Gasteiger charge is -2.28. The van der Waals surface area contributed by atoms with Crippen molar-refractivity contribution in [2.75, 3.05) is 77.4 Å². The molecule has 1 aliphatic rings. The first-order valence-electron chi connectivity index (χ1n) is 10.8. The highest BCUT2D eigenvalue weighted by molar-refractivity contribution is 7.89. The van der Waals surface area contributed by atoms with Crippen molar-refractivity contribution in [2.45, 2.75) is 4.90 Å². The predicted octanol–water partition coefficient (Wildman–Crippen LogP) is 1.72. The fraction of sp³-hybridized carbons (Fsp3) is 0.435. The van der Waals surface area contributed by atoms with Crippen molar-refractivity contribution in [1.82, 2.24) is 9.21 Å². The van der Waals surface area contributed by atoms with Gasteiger partial charge in [-0.05, 0) is 55.6 Å². The highest BCUT2D eigenvalue weighted by Crippen LogP contribution is 2.19. The molecule has 0 spiro atoms. The number of morpholine rings is 1. The third-order valence-corrected chi connectivity index (χ3v) is 7.11. The summed E-state index contributed by atoms with van der Waals surface area (Å²) in [6.07, 6.45) is 0. The van der Waals surface area contributed by atoms with Crippen molar-refractivity contribution in [1.29, 1.82) is 0 Å². The minimum absolute atomic E-state index is 0.102. The zero-order valence-corrected chi connectivity index (χ0v) is 20.2. The van der Waals surface area contributed by atoms with E-state index in [0.717, 1.165) is 37.7 Å². The number of likely N-dealkylation sites (N-methyl/N-ethyl adjacent to an activating group) is 1. The van der Waals surface area contributed by atoms with Crippen LogP contribution in [0.5, 0.6) is 5.75 Å². The molecule has 0 atom stereocenters. The number of carbonyl (C=O) groups is 1. The molecular weight excluding hydrogens is 444 g/mol. The Morgan fingerprint density at radius 1 is 1.03 bits per heavy atom. The Morgan fingerprint density at radius 2 is 1.67 bits per heavy atom. The SMILES string of the molecule is CN(CCOc1ccc(S(=O)(=O)N(C)C)cc1)CC(=O)Nc1ccc(N2CCOCC2)cc1. The van der Waals surface area contributed by atoms with Crippen molar-refractivity contribution in [3.8, 4) is 5.75 Å². The van der Waals surface area contributed by atoms with Gasteiger partial charge in [-0.2, -0.15) is 0 Å². The molecule has 1 amide bonds. The Kier molecular flexibility index (Phi) is 8.67. The first kappa shape index (κ1) is 25.0. The van der Waals surface area contributed by atoms with Gasteiger partial charge >= 0.3 is 0 Å². The monoisotopic (exact) mass is 476 g/mol. The van der Waals surface area contributed by atoms with Crippen molar-refractivity contribution in [2.24, 2.45) is 0 Å². The molecule has 0 saturated carbocycles. The van der Waals surface area contributed by atoms with Crippen LogP contribution in [0.15, 0.2) is 53.4 Å². The van der Waals surface area contributed by atoms with E-state index in [1.54, 1.807) is 12.1 Å². The number of nitrogens with zero attached hydrogens (tertiary/aromatic N) is 3. The van der Waals surface area contributed by atoms with Crippen LogP contribution in [-0.4, -0.2) is 90.7 Å². The largest absolute Gasteiger partial charge is 0.492 e. The number of ether oxygens (including phenoxy) is 2. The quantitative estimate of drug-likeness (QED) is 0.558. The highest BCUT2D eigenvalue weighted by Gasteiger charge is 2.17. The van der Waals surface area contributed by atoms with Crippen molar-refractivity contribution >= 4 is 27.3 Å². The van der Waals surface area contributed by atoms with Gasteiger partial charge in [0.2, 0.25) is 15.9 Å². The zero-order chi connectivity index (χ0) is 23.8. The van der Waals surface area contributed by atoms with E-state index < -0.39 is 10.0 Å². The number of carbonyl (C=O) groups excluding carboxylic acids is 1. The van der Waals surface area contributed by atoms with E-state index in [4.69, 9.17) is 9.47 Å². The van der Waals surface area contributed by atoms with Gasteiger partial charge in [0.1, 0.15) is 12.4 Å². The van der Waals surface area contributed by atoms with Crippen LogP contribution in [0, 0.1) is 0 Å². The number of hydrogen-bond donors (Lipinski definition) is 1. The molecule has 1 aliphatic heterocycles. The molecular formula is C23H32N4O5S. The standard InChI is InChI=1S/C23H32N4O5S/c1-25(2)33(29,30)22-10-8-21(9-11-22)32-17-12-26(3)18-23(28)24-19-4-6-20(7-5-19)27-13-15-31-16-14-27/h4-11H,12-18H2,1-3H3,(H,24,28). The van der Waals surface area contributed by atoms with Gasteiger partial charge in [-0.15, -0.1) is 0 Å². The third kappa shape index (κ3) is 7.16. The molecule has 1 N–H and O–H groups in total. The van der Waals surface area contributed by atoms with Crippen LogP contribution in [-0.2, 0) is 19.6 Å². The molecule has 33 heavy (non-hydrogen) atoms. The first-order valence-corrected chi connectivity index (χ1v) is 12.3. The van der Waals surface area contributed by atoms with Crippen LogP contribution in [0.4, 0.5) is 11.4 Å². The van der Waals surface area contributed by atoms with Gasteiger partial charge in [-0.1, -0.05) is 0 Å². The smallest absolute Gasteiger partial charge is 0.242 e. The van der Waals surface area contributed by atoms with Gasteiger partial charge in [0, 0.05) is 45.1 Å². The third-order valence-electron chi connectivity index (χ3n) is 5.28. The van der Waals surface area contributed by atoms with E-state index in [1.165, 1.54) is 30.5 Å². The molecule has 2 aromatic rings. The maximum absolute atomic E-state index is 12.3. The van der Waals surface area contributed by atoms with E-state index in [-0.39, 0.29) is 17.3 Å². The number of sulfonamides is 1. The summed E-state index contributed by atoms with van der Waals surface area (Å²) >= 11 is 0. The van der Waals surface area contributed by atoms with Gasteiger partial charge in [-0.25, -0.2) is 12.7 Å². The molecule has 2 aromatic carbocycles. The second kappa shape index (κ2) is 11.5. The zero-order valence-electron chi connectivity index (χ0n) is 19.4. The van der Waals surface area contributed by atoms with Gasteiger partial charge in [0.05, 0.1) is 24.7 Å². The molecule has 1 heterocycles. The molecule has 1 saturated heterocycles. The lowest BCUT2D eigenvalue weighted by atomic mass is 10.2. The maximum Gasteiger partial charge on any atom is 0.242 e. The van der Waals surface area contributed by atoms with Crippen LogP contribution < -0.4 is 15.0 Å². The Morgan fingerprint density at radius 3 is 2.27 bits per heavy atom. The number of benzene rings is 2. The van der Waals surface area contributed by atoms with E-state index >= 15 is 0 Å². The summed E-state index contributed by atoms with van der Waals surface area (Å²) in [7, 11) is 1.37. The molecule has 10 heteroatoms. The Hall–Kier alpha value is -2.66. The molecule has 0 unspecified atom stereocenters. The predicted molar refractivity (Wildman–Crippen MR) is 128 cm³/mol. The topological polar surface area (TPSA) is 91.4 Å². The molecule has 1 fully saturated rings. The summed E-state index contributed by atoms with van der Waals surface area (Å²) in [5, 5.41) is 2.92. The number of nitrogens with one attached hydrogen (secondary N) is 1. The molecule has 0 bridgehead atoms. The van der Waals surface area contributed by atoms with Crippen molar-refractivity contribution in [3.05, 3.63) is 48.5 Å². The Bertz CT molecular complexity index is 1000. The molecule has 9 nitrogen and oxygen atoms in total. The summed E-state index contributed by atoms with van der Waals surface area (Å²) in [4.78, 5) is 16.7. The lowest BCUT2D eigenvalue weighted by molar-refractivity contribution is -0.117. The minimum Gasteiger partial charge on any atom is -0.492 e. The summed E-state index contributed by atoms with van der Waals surface area (Å²) in [5.41, 5.74) is 1.88. The summed E-state index contributed by atoms with van der Waals surface area (Å²) in [5.74, 6) is 0.473. The van der Waals surface area contributed by atoms with Crippen molar-refractivity contribution < 1.29 is 22.7 Å². The fourth-order valence-corrected chi connectivity index (χ4v) is 4.24. The Balaban J connectivity index is 1.39. The average molecular weight is 477 g/mol. The van der Waals surface area contributed by atoms with E-state index in [9.17, 15) is 13.2 Å². The summed E-state index contributed by atoms with van der Waals surface area (Å²) in [6, 6.07) is 14.1. The Labute approximate surface area is 195 Å². The second-order valence-electron chi connectivity index (χ2n) is 8.04.